The molecule has 0 aromatic heterocycles. The van der Waals surface area contributed by atoms with Crippen LogP contribution in [0.3, 0.4) is 0 Å². The minimum Gasteiger partial charge on any atom is -0.463 e. The van der Waals surface area contributed by atoms with Crippen molar-refractivity contribution in [1.29, 1.82) is 0 Å². The first-order valence-corrected chi connectivity index (χ1v) is 2.84. The molecule has 0 saturated carbocycles. The minimum atomic E-state index is -0.237. The Morgan fingerprint density at radius 2 is 2.11 bits per heavy atom. The van der Waals surface area contributed by atoms with Crippen LogP contribution in [0, 0.1) is 0 Å². The summed E-state index contributed by atoms with van der Waals surface area (Å²) in [6.45, 7) is 7.05. The number of hydrogen-bond donors (Lipinski definition) is 0. The fraction of sp³-hybridized carbons (Fsp3) is 0.429. The van der Waals surface area contributed by atoms with Crippen molar-refractivity contribution in [2.75, 3.05) is 0 Å². The van der Waals surface area contributed by atoms with Crippen molar-refractivity contribution in [1.82, 2.24) is 0 Å². The molecule has 0 rings (SSSR count). The Morgan fingerprint density at radius 1 is 1.44 bits per heavy atom. The summed E-state index contributed by atoms with van der Waals surface area (Å²) in [5.74, 6) is 0. The predicted octanol–water partition coefficient (Wildman–Crippen LogP) is 2.04. The van der Waals surface area contributed by atoms with E-state index >= 15 is 0 Å². The SMILES string of the molecule is C=COC(C)OC=CC. The second-order valence-corrected chi connectivity index (χ2v) is 1.48. The Kier molecular flexibility index (Phi) is 4.69. The summed E-state index contributed by atoms with van der Waals surface area (Å²) in [6, 6.07) is 0. The van der Waals surface area contributed by atoms with Crippen LogP contribution in [-0.2, 0) is 9.47 Å². The van der Waals surface area contributed by atoms with Crippen LogP contribution in [0.2, 0.25) is 0 Å². The van der Waals surface area contributed by atoms with E-state index in [4.69, 9.17) is 9.47 Å². The van der Waals surface area contributed by atoms with Gasteiger partial charge < -0.3 is 9.47 Å². The molecule has 9 heavy (non-hydrogen) atoms. The molecule has 0 aliphatic carbocycles. The van der Waals surface area contributed by atoms with Gasteiger partial charge in [0.1, 0.15) is 0 Å². The second kappa shape index (κ2) is 5.22. The Hall–Kier alpha value is -0.920. The number of hydrogen-bond acceptors (Lipinski definition) is 2. The molecule has 2 heteroatoms. The lowest BCUT2D eigenvalue weighted by Crippen LogP contribution is -2.04. The molecule has 0 amide bonds. The molecule has 0 radical (unpaired) electrons. The first-order valence-electron chi connectivity index (χ1n) is 2.84. The van der Waals surface area contributed by atoms with Crippen molar-refractivity contribution in [3.8, 4) is 0 Å². The summed E-state index contributed by atoms with van der Waals surface area (Å²) >= 11 is 0. The van der Waals surface area contributed by atoms with E-state index in [1.807, 2.05) is 6.92 Å². The summed E-state index contributed by atoms with van der Waals surface area (Å²) in [5.41, 5.74) is 0. The zero-order valence-electron chi connectivity index (χ0n) is 5.83. The van der Waals surface area contributed by atoms with E-state index in [2.05, 4.69) is 6.58 Å². The van der Waals surface area contributed by atoms with Gasteiger partial charge in [-0.05, 0) is 6.92 Å². The van der Waals surface area contributed by atoms with Crippen molar-refractivity contribution >= 4 is 0 Å². The maximum atomic E-state index is 4.96. The van der Waals surface area contributed by atoms with Crippen molar-refractivity contribution in [3.05, 3.63) is 25.2 Å². The molecule has 0 aromatic rings. The van der Waals surface area contributed by atoms with E-state index in [0.717, 1.165) is 0 Å². The number of ether oxygens (including phenoxy) is 2. The van der Waals surface area contributed by atoms with Gasteiger partial charge in [0.05, 0.1) is 12.5 Å². The summed E-state index contributed by atoms with van der Waals surface area (Å²) in [6.07, 6.45) is 4.49. The van der Waals surface area contributed by atoms with Crippen LogP contribution < -0.4 is 0 Å². The Balaban J connectivity index is 3.25. The fourth-order valence-electron chi connectivity index (χ4n) is 0.357. The third-order valence-corrected chi connectivity index (χ3v) is 0.694. The van der Waals surface area contributed by atoms with Gasteiger partial charge in [-0.15, -0.1) is 0 Å². The molecule has 0 spiro atoms. The second-order valence-electron chi connectivity index (χ2n) is 1.48. The molecule has 0 saturated heterocycles. The van der Waals surface area contributed by atoms with E-state index < -0.39 is 0 Å². The first kappa shape index (κ1) is 8.08. The van der Waals surface area contributed by atoms with Gasteiger partial charge in [0, 0.05) is 6.92 Å². The van der Waals surface area contributed by atoms with Crippen molar-refractivity contribution in [2.45, 2.75) is 20.1 Å². The molecule has 1 unspecified atom stereocenters. The molecule has 2 nitrogen and oxygen atoms in total. The van der Waals surface area contributed by atoms with Crippen LogP contribution in [0.25, 0.3) is 0 Å². The standard InChI is InChI=1S/C7H12O2/c1-4-6-9-7(3)8-5-2/h4-7H,2H2,1,3H3. The van der Waals surface area contributed by atoms with E-state index in [9.17, 15) is 0 Å². The summed E-state index contributed by atoms with van der Waals surface area (Å²) < 4.78 is 9.79. The van der Waals surface area contributed by atoms with E-state index in [0.29, 0.717) is 0 Å². The van der Waals surface area contributed by atoms with Gasteiger partial charge >= 0.3 is 0 Å². The van der Waals surface area contributed by atoms with Crippen LogP contribution in [0.1, 0.15) is 13.8 Å². The topological polar surface area (TPSA) is 18.5 Å². The summed E-state index contributed by atoms with van der Waals surface area (Å²) in [5, 5.41) is 0. The zero-order chi connectivity index (χ0) is 7.11. The lowest BCUT2D eigenvalue weighted by atomic mass is 10.7. The minimum absolute atomic E-state index is 0.237. The van der Waals surface area contributed by atoms with Gasteiger partial charge in [-0.25, -0.2) is 0 Å². The quantitative estimate of drug-likeness (QED) is 0.426. The molecule has 0 N–H and O–H groups in total. The van der Waals surface area contributed by atoms with Gasteiger partial charge in [-0.1, -0.05) is 12.7 Å². The Labute approximate surface area is 55.8 Å². The average molecular weight is 128 g/mol. The van der Waals surface area contributed by atoms with Gasteiger partial charge in [0.15, 0.2) is 0 Å². The highest BCUT2D eigenvalue weighted by atomic mass is 16.7. The van der Waals surface area contributed by atoms with Crippen molar-refractivity contribution in [2.24, 2.45) is 0 Å². The maximum Gasteiger partial charge on any atom is 0.236 e. The normalized spacial score (nSPS) is 13.1. The maximum absolute atomic E-state index is 4.96. The Morgan fingerprint density at radius 3 is 2.56 bits per heavy atom. The first-order chi connectivity index (χ1) is 4.31. The van der Waals surface area contributed by atoms with Crippen LogP contribution in [0.5, 0.6) is 0 Å². The predicted molar refractivity (Wildman–Crippen MR) is 36.6 cm³/mol. The van der Waals surface area contributed by atoms with Crippen LogP contribution >= 0.6 is 0 Å². The number of allylic oxidation sites excluding steroid dienone is 1. The molecular weight excluding hydrogens is 116 g/mol. The molecule has 0 heterocycles. The summed E-state index contributed by atoms with van der Waals surface area (Å²) in [4.78, 5) is 0. The lowest BCUT2D eigenvalue weighted by Gasteiger charge is -2.08. The molecule has 0 fully saturated rings. The van der Waals surface area contributed by atoms with Crippen LogP contribution in [0.15, 0.2) is 25.2 Å². The highest BCUT2D eigenvalue weighted by Crippen LogP contribution is 1.92. The monoisotopic (exact) mass is 128 g/mol. The lowest BCUT2D eigenvalue weighted by molar-refractivity contribution is -0.0456. The van der Waals surface area contributed by atoms with Gasteiger partial charge in [0.2, 0.25) is 6.29 Å². The van der Waals surface area contributed by atoms with Gasteiger partial charge in [-0.2, -0.15) is 0 Å². The number of rotatable bonds is 4. The van der Waals surface area contributed by atoms with E-state index in [1.165, 1.54) is 6.26 Å². The third kappa shape index (κ3) is 4.94. The highest BCUT2D eigenvalue weighted by Gasteiger charge is 1.92. The molecule has 0 bridgehead atoms. The van der Waals surface area contributed by atoms with E-state index in [-0.39, 0.29) is 6.29 Å². The highest BCUT2D eigenvalue weighted by molar-refractivity contribution is 4.65. The molecule has 1 atom stereocenters. The van der Waals surface area contributed by atoms with Gasteiger partial charge in [0.25, 0.3) is 0 Å². The summed E-state index contributed by atoms with van der Waals surface area (Å²) in [7, 11) is 0. The zero-order valence-corrected chi connectivity index (χ0v) is 5.83. The molecule has 52 valence electrons. The molecule has 0 aliphatic heterocycles. The molecular formula is C7H12O2. The largest absolute Gasteiger partial charge is 0.463 e. The van der Waals surface area contributed by atoms with E-state index in [1.54, 1.807) is 19.3 Å². The molecule has 0 aromatic carbocycles. The van der Waals surface area contributed by atoms with Crippen molar-refractivity contribution < 1.29 is 9.47 Å². The van der Waals surface area contributed by atoms with Gasteiger partial charge in [-0.3, -0.25) is 0 Å². The van der Waals surface area contributed by atoms with Crippen LogP contribution in [0.4, 0.5) is 0 Å². The fourth-order valence-corrected chi connectivity index (χ4v) is 0.357. The molecule has 0 aliphatic rings. The Bertz CT molecular complexity index is 97.1. The van der Waals surface area contributed by atoms with Crippen molar-refractivity contribution in [3.63, 3.8) is 0 Å². The average Bonchev–Trinajstić information content (AvgIpc) is 1.85. The smallest absolute Gasteiger partial charge is 0.236 e. The third-order valence-electron chi connectivity index (χ3n) is 0.694. The van der Waals surface area contributed by atoms with Crippen LogP contribution in [-0.4, -0.2) is 6.29 Å².